The molecule has 0 saturated carbocycles. The highest BCUT2D eigenvalue weighted by Gasteiger charge is 2.47. The van der Waals surface area contributed by atoms with Crippen molar-refractivity contribution in [1.29, 1.82) is 0 Å². The number of halogens is 1. The fraction of sp³-hybridized carbons (Fsp3) is 0.273. The molecule has 7 nitrogen and oxygen atoms in total. The molecule has 152 valence electrons. The molecule has 4 heterocycles. The highest BCUT2D eigenvalue weighted by molar-refractivity contribution is 6.30. The summed E-state index contributed by atoms with van der Waals surface area (Å²) in [4.78, 5) is 33.4. The van der Waals surface area contributed by atoms with Gasteiger partial charge in [0, 0.05) is 28.9 Å². The van der Waals surface area contributed by atoms with Gasteiger partial charge in [0.25, 0.3) is 5.91 Å². The Kier molecular flexibility index (Phi) is 4.36. The molecule has 0 fully saturated rings. The van der Waals surface area contributed by atoms with Crippen LogP contribution in [0.1, 0.15) is 24.6 Å². The van der Waals surface area contributed by atoms with Crippen LogP contribution < -0.4 is 0 Å². The van der Waals surface area contributed by atoms with E-state index in [2.05, 4.69) is 10.1 Å². The number of aliphatic imine (C=N–C) groups is 1. The Hall–Kier alpha value is -3.19. The predicted octanol–water partition coefficient (Wildman–Crippen LogP) is 3.35. The molecule has 5 rings (SSSR count). The maximum Gasteiger partial charge on any atom is 0.250 e. The highest BCUT2D eigenvalue weighted by Crippen LogP contribution is 2.34. The van der Waals surface area contributed by atoms with Crippen LogP contribution in [-0.4, -0.2) is 44.7 Å². The summed E-state index contributed by atoms with van der Waals surface area (Å²) in [5, 5.41) is 4.88. The Morgan fingerprint density at radius 2 is 2.03 bits per heavy atom. The van der Waals surface area contributed by atoms with Crippen LogP contribution in [0.3, 0.4) is 0 Å². The van der Waals surface area contributed by atoms with Gasteiger partial charge in [-0.25, -0.2) is 0 Å². The van der Waals surface area contributed by atoms with E-state index in [1.165, 1.54) is 0 Å². The minimum absolute atomic E-state index is 0.0334. The summed E-state index contributed by atoms with van der Waals surface area (Å²) in [6, 6.07) is 7.41. The molecule has 2 aromatic rings. The van der Waals surface area contributed by atoms with Crippen molar-refractivity contribution in [2.75, 3.05) is 6.54 Å². The van der Waals surface area contributed by atoms with Crippen molar-refractivity contribution in [2.24, 2.45) is 4.99 Å². The Morgan fingerprint density at radius 3 is 2.83 bits per heavy atom. The standard InChI is InChI=1S/C22H19ClN4O3/c1-22(12-19(28)24-18-4-2-3-10-27(18)22)21(29)26-11-9-16-17(13-26)25-30-20(16)14-5-7-15(23)8-6-14/h2-8,10H,9,11-13H2,1H3. The van der Waals surface area contributed by atoms with Gasteiger partial charge in [0.15, 0.2) is 5.76 Å². The molecule has 30 heavy (non-hydrogen) atoms. The van der Waals surface area contributed by atoms with Gasteiger partial charge >= 0.3 is 0 Å². The molecule has 3 aliphatic heterocycles. The van der Waals surface area contributed by atoms with E-state index in [9.17, 15) is 9.59 Å². The summed E-state index contributed by atoms with van der Waals surface area (Å²) in [6.45, 7) is 2.66. The molecule has 0 aliphatic carbocycles. The fourth-order valence-corrected chi connectivity index (χ4v) is 4.37. The second kappa shape index (κ2) is 6.95. The molecule has 1 atom stereocenters. The minimum atomic E-state index is -1.02. The normalized spacial score (nSPS) is 22.6. The van der Waals surface area contributed by atoms with Crippen LogP contribution in [0.25, 0.3) is 11.3 Å². The largest absolute Gasteiger partial charge is 0.356 e. The predicted molar refractivity (Wildman–Crippen MR) is 112 cm³/mol. The van der Waals surface area contributed by atoms with Crippen molar-refractivity contribution in [3.63, 3.8) is 0 Å². The van der Waals surface area contributed by atoms with Crippen LogP contribution in [0.4, 0.5) is 0 Å². The summed E-state index contributed by atoms with van der Waals surface area (Å²) in [6.07, 6.45) is 7.85. The van der Waals surface area contributed by atoms with E-state index in [0.29, 0.717) is 36.1 Å². The zero-order valence-electron chi connectivity index (χ0n) is 16.3. The number of benzene rings is 1. The van der Waals surface area contributed by atoms with Gasteiger partial charge in [-0.15, -0.1) is 0 Å². The van der Waals surface area contributed by atoms with E-state index < -0.39 is 5.54 Å². The third kappa shape index (κ3) is 2.97. The number of hydrogen-bond acceptors (Lipinski definition) is 5. The first-order chi connectivity index (χ1) is 14.5. The lowest BCUT2D eigenvalue weighted by Crippen LogP contribution is -2.61. The summed E-state index contributed by atoms with van der Waals surface area (Å²) in [5.41, 5.74) is 1.64. The first-order valence-electron chi connectivity index (χ1n) is 9.74. The summed E-state index contributed by atoms with van der Waals surface area (Å²) >= 11 is 5.98. The molecule has 0 N–H and O–H groups in total. The Labute approximate surface area is 178 Å². The van der Waals surface area contributed by atoms with Crippen molar-refractivity contribution in [1.82, 2.24) is 15.0 Å². The molecule has 1 unspecified atom stereocenters. The molecule has 1 aromatic heterocycles. The summed E-state index contributed by atoms with van der Waals surface area (Å²) in [5.74, 6) is 0.797. The second-order valence-corrected chi connectivity index (χ2v) is 8.24. The highest BCUT2D eigenvalue weighted by atomic mass is 35.5. The van der Waals surface area contributed by atoms with Gasteiger partial charge in [-0.2, -0.15) is 4.99 Å². The van der Waals surface area contributed by atoms with Crippen molar-refractivity contribution >= 4 is 29.3 Å². The van der Waals surface area contributed by atoms with Crippen LogP contribution in [0.15, 0.2) is 58.2 Å². The van der Waals surface area contributed by atoms with E-state index in [1.54, 1.807) is 35.1 Å². The molecule has 1 aromatic carbocycles. The van der Waals surface area contributed by atoms with Gasteiger partial charge in [0.1, 0.15) is 17.1 Å². The molecular formula is C22H19ClN4O3. The second-order valence-electron chi connectivity index (χ2n) is 7.81. The average Bonchev–Trinajstić information content (AvgIpc) is 3.17. The number of hydrogen-bond donors (Lipinski definition) is 0. The molecule has 2 amide bonds. The van der Waals surface area contributed by atoms with Crippen molar-refractivity contribution in [2.45, 2.75) is 31.8 Å². The third-order valence-corrected chi connectivity index (χ3v) is 6.05. The van der Waals surface area contributed by atoms with Crippen molar-refractivity contribution in [3.8, 4) is 11.3 Å². The van der Waals surface area contributed by atoms with E-state index >= 15 is 0 Å². The number of carbonyl (C=O) groups excluding carboxylic acids is 2. The van der Waals surface area contributed by atoms with Crippen LogP contribution in [-0.2, 0) is 22.6 Å². The molecule has 0 bridgehead atoms. The Balaban J connectivity index is 1.41. The number of fused-ring (bicyclic) bond motifs is 2. The topological polar surface area (TPSA) is 79.0 Å². The van der Waals surface area contributed by atoms with Gasteiger partial charge in [0.2, 0.25) is 5.91 Å². The average molecular weight is 423 g/mol. The van der Waals surface area contributed by atoms with Crippen molar-refractivity contribution < 1.29 is 14.1 Å². The van der Waals surface area contributed by atoms with E-state index in [0.717, 1.165) is 16.8 Å². The van der Waals surface area contributed by atoms with E-state index in [4.69, 9.17) is 16.1 Å². The van der Waals surface area contributed by atoms with Crippen LogP contribution >= 0.6 is 11.6 Å². The number of allylic oxidation sites excluding steroid dienone is 2. The number of carbonyl (C=O) groups is 2. The maximum atomic E-state index is 13.5. The van der Waals surface area contributed by atoms with Gasteiger partial charge in [-0.1, -0.05) is 22.8 Å². The summed E-state index contributed by atoms with van der Waals surface area (Å²) in [7, 11) is 0. The van der Waals surface area contributed by atoms with Gasteiger partial charge < -0.3 is 14.3 Å². The Bertz CT molecular complexity index is 1130. The van der Waals surface area contributed by atoms with E-state index in [-0.39, 0.29) is 18.2 Å². The quantitative estimate of drug-likeness (QED) is 0.741. The first-order valence-corrected chi connectivity index (χ1v) is 10.1. The smallest absolute Gasteiger partial charge is 0.250 e. The monoisotopic (exact) mass is 422 g/mol. The van der Waals surface area contributed by atoms with Gasteiger partial charge in [0.05, 0.1) is 13.0 Å². The first kappa shape index (κ1) is 18.8. The zero-order chi connectivity index (χ0) is 20.9. The van der Waals surface area contributed by atoms with Crippen molar-refractivity contribution in [3.05, 3.63) is 65.0 Å². The minimum Gasteiger partial charge on any atom is -0.356 e. The number of amidine groups is 1. The third-order valence-electron chi connectivity index (χ3n) is 5.80. The lowest BCUT2D eigenvalue weighted by molar-refractivity contribution is -0.144. The van der Waals surface area contributed by atoms with E-state index in [1.807, 2.05) is 30.3 Å². The summed E-state index contributed by atoms with van der Waals surface area (Å²) < 4.78 is 5.61. The molecule has 3 aliphatic rings. The van der Waals surface area contributed by atoms with Gasteiger partial charge in [-0.3, -0.25) is 9.59 Å². The lowest BCUT2D eigenvalue weighted by Gasteiger charge is -2.44. The maximum absolute atomic E-state index is 13.5. The van der Waals surface area contributed by atoms with Gasteiger partial charge in [-0.05, 0) is 49.8 Å². The van der Waals surface area contributed by atoms with Crippen LogP contribution in [0, 0.1) is 0 Å². The SMILES string of the molecule is CC1(C(=O)N2CCc3c(noc3-c3ccc(Cl)cc3)C2)CC(=O)N=C2C=CC=CN21. The zero-order valence-corrected chi connectivity index (χ0v) is 17.1. The number of amides is 2. The molecule has 0 radical (unpaired) electrons. The molecule has 8 heteroatoms. The molecule has 0 saturated heterocycles. The molecular weight excluding hydrogens is 404 g/mol. The lowest BCUT2D eigenvalue weighted by atomic mass is 9.89. The number of aromatic nitrogens is 1. The van der Waals surface area contributed by atoms with Crippen LogP contribution in [0.5, 0.6) is 0 Å². The van der Waals surface area contributed by atoms with Crippen LogP contribution in [0.2, 0.25) is 5.02 Å². The fourth-order valence-electron chi connectivity index (χ4n) is 4.24. The Morgan fingerprint density at radius 1 is 1.23 bits per heavy atom. The molecule has 0 spiro atoms. The number of rotatable bonds is 2. The number of nitrogens with zero attached hydrogens (tertiary/aromatic N) is 4.